The van der Waals surface area contributed by atoms with E-state index in [9.17, 15) is 5.26 Å². The van der Waals surface area contributed by atoms with Crippen LogP contribution in [0.1, 0.15) is 11.1 Å². The van der Waals surface area contributed by atoms with E-state index in [1.807, 2.05) is 48.5 Å². The number of hydrogen-bond donors (Lipinski definition) is 1. The van der Waals surface area contributed by atoms with Crippen molar-refractivity contribution in [2.24, 2.45) is 0 Å². The number of nitriles is 1. The van der Waals surface area contributed by atoms with Crippen molar-refractivity contribution >= 4 is 0 Å². The molecule has 0 heterocycles. The molecule has 0 aliphatic heterocycles. The molecule has 0 amide bonds. The number of nitrogens with one attached hydrogen (secondary N) is 1. The lowest BCUT2D eigenvalue weighted by atomic mass is 10.1. The second-order valence-electron chi connectivity index (χ2n) is 4.53. The highest BCUT2D eigenvalue weighted by atomic mass is 16.5. The van der Waals surface area contributed by atoms with Gasteiger partial charge in [-0.15, -0.1) is 0 Å². The number of benzene rings is 2. The molecule has 0 aromatic heterocycles. The summed E-state index contributed by atoms with van der Waals surface area (Å²) in [6, 6.07) is 17.3. The van der Waals surface area contributed by atoms with Crippen LogP contribution in [0.25, 0.3) is 0 Å². The smallest absolute Gasteiger partial charge is 0.145 e. The van der Waals surface area contributed by atoms with Crippen molar-refractivity contribution in [2.45, 2.75) is 6.54 Å². The Labute approximate surface area is 124 Å². The molecule has 0 saturated carbocycles. The van der Waals surface area contributed by atoms with Crippen LogP contribution in [-0.2, 0) is 11.3 Å². The molecule has 0 fully saturated rings. The van der Waals surface area contributed by atoms with Gasteiger partial charge in [0.2, 0.25) is 0 Å². The molecule has 0 bridgehead atoms. The molecular weight excluding hydrogens is 264 g/mol. The first-order valence-corrected chi connectivity index (χ1v) is 6.79. The summed E-state index contributed by atoms with van der Waals surface area (Å²) in [5, 5.41) is 12.5. The number of rotatable bonds is 7. The summed E-state index contributed by atoms with van der Waals surface area (Å²) < 4.78 is 10.7. The van der Waals surface area contributed by atoms with Gasteiger partial charge in [0.15, 0.2) is 0 Å². The van der Waals surface area contributed by atoms with Gasteiger partial charge in [0, 0.05) is 20.2 Å². The summed E-state index contributed by atoms with van der Waals surface area (Å²) >= 11 is 0. The van der Waals surface area contributed by atoms with E-state index >= 15 is 0 Å². The Morgan fingerprint density at radius 1 is 1.14 bits per heavy atom. The lowest BCUT2D eigenvalue weighted by Gasteiger charge is -2.09. The Morgan fingerprint density at radius 3 is 2.67 bits per heavy atom. The molecule has 0 saturated heterocycles. The fourth-order valence-corrected chi connectivity index (χ4v) is 1.89. The van der Waals surface area contributed by atoms with Crippen molar-refractivity contribution in [3.63, 3.8) is 0 Å². The van der Waals surface area contributed by atoms with E-state index in [-0.39, 0.29) is 0 Å². The minimum absolute atomic E-state index is 0.532. The molecule has 1 N–H and O–H groups in total. The summed E-state index contributed by atoms with van der Waals surface area (Å²) in [5.74, 6) is 1.30. The highest BCUT2D eigenvalue weighted by molar-refractivity contribution is 5.47. The molecule has 0 radical (unpaired) electrons. The van der Waals surface area contributed by atoms with Crippen molar-refractivity contribution in [1.29, 1.82) is 5.26 Å². The first-order chi connectivity index (χ1) is 10.3. The van der Waals surface area contributed by atoms with Crippen LogP contribution >= 0.6 is 0 Å². The number of ether oxygens (including phenoxy) is 2. The van der Waals surface area contributed by atoms with Gasteiger partial charge in [-0.05, 0) is 29.8 Å². The second kappa shape index (κ2) is 8.05. The zero-order valence-corrected chi connectivity index (χ0v) is 12.0. The molecule has 4 nitrogen and oxygen atoms in total. The van der Waals surface area contributed by atoms with Crippen molar-refractivity contribution in [1.82, 2.24) is 5.32 Å². The third kappa shape index (κ3) is 4.60. The van der Waals surface area contributed by atoms with E-state index in [1.54, 1.807) is 7.11 Å². The normalized spacial score (nSPS) is 10.1. The van der Waals surface area contributed by atoms with Crippen LogP contribution in [0.15, 0.2) is 48.5 Å². The van der Waals surface area contributed by atoms with Gasteiger partial charge in [-0.2, -0.15) is 5.26 Å². The maximum absolute atomic E-state index is 9.26. The third-order valence-corrected chi connectivity index (χ3v) is 2.95. The van der Waals surface area contributed by atoms with Crippen molar-refractivity contribution < 1.29 is 9.47 Å². The van der Waals surface area contributed by atoms with Gasteiger partial charge in [0.1, 0.15) is 17.6 Å². The Kier molecular flexibility index (Phi) is 5.77. The Bertz CT molecular complexity index is 606. The fourth-order valence-electron chi connectivity index (χ4n) is 1.89. The lowest BCUT2D eigenvalue weighted by Crippen LogP contribution is -2.18. The maximum Gasteiger partial charge on any atom is 0.145 e. The molecule has 2 aromatic rings. The minimum Gasteiger partial charge on any atom is -0.456 e. The molecule has 2 aromatic carbocycles. The summed E-state index contributed by atoms with van der Waals surface area (Å²) in [5.41, 5.74) is 1.58. The molecular formula is C17H18N2O2. The van der Waals surface area contributed by atoms with E-state index < -0.39 is 0 Å². The Morgan fingerprint density at radius 2 is 1.95 bits per heavy atom. The van der Waals surface area contributed by atoms with E-state index in [0.29, 0.717) is 24.5 Å². The zero-order valence-electron chi connectivity index (χ0n) is 12.0. The van der Waals surface area contributed by atoms with Crippen LogP contribution in [0, 0.1) is 11.3 Å². The largest absolute Gasteiger partial charge is 0.456 e. The molecule has 0 aliphatic rings. The van der Waals surface area contributed by atoms with Gasteiger partial charge in [0.05, 0.1) is 12.2 Å². The van der Waals surface area contributed by atoms with E-state index in [0.717, 1.165) is 17.9 Å². The highest BCUT2D eigenvalue weighted by Gasteiger charge is 2.06. The molecule has 108 valence electrons. The summed E-state index contributed by atoms with van der Waals surface area (Å²) in [4.78, 5) is 0. The average molecular weight is 282 g/mol. The summed E-state index contributed by atoms with van der Waals surface area (Å²) in [6.07, 6.45) is 0. The standard InChI is InChI=1S/C17H18N2O2/c1-20-10-9-19-13-14-7-8-17(15(11-14)12-18)21-16-5-3-2-4-6-16/h2-8,11,19H,9-10,13H2,1H3. The maximum atomic E-state index is 9.26. The number of para-hydroxylation sites is 1. The van der Waals surface area contributed by atoms with Crippen LogP contribution < -0.4 is 10.1 Å². The van der Waals surface area contributed by atoms with E-state index in [1.165, 1.54) is 0 Å². The zero-order chi connectivity index (χ0) is 14.9. The first-order valence-electron chi connectivity index (χ1n) is 6.79. The number of nitrogens with zero attached hydrogens (tertiary/aromatic N) is 1. The molecule has 4 heteroatoms. The molecule has 0 aliphatic carbocycles. The highest BCUT2D eigenvalue weighted by Crippen LogP contribution is 2.25. The van der Waals surface area contributed by atoms with Crippen LogP contribution in [0.3, 0.4) is 0 Å². The quantitative estimate of drug-likeness (QED) is 0.793. The van der Waals surface area contributed by atoms with Crippen molar-refractivity contribution in [3.8, 4) is 17.6 Å². The van der Waals surface area contributed by atoms with Crippen LogP contribution in [0.5, 0.6) is 11.5 Å². The monoisotopic (exact) mass is 282 g/mol. The van der Waals surface area contributed by atoms with Crippen molar-refractivity contribution in [3.05, 3.63) is 59.7 Å². The molecule has 0 atom stereocenters. The SMILES string of the molecule is COCCNCc1ccc(Oc2ccccc2)c(C#N)c1. The van der Waals surface area contributed by atoms with Gasteiger partial charge in [-0.3, -0.25) is 0 Å². The van der Waals surface area contributed by atoms with Crippen LogP contribution in [0.4, 0.5) is 0 Å². The Balaban J connectivity index is 2.05. The third-order valence-electron chi connectivity index (χ3n) is 2.95. The van der Waals surface area contributed by atoms with Crippen LogP contribution in [-0.4, -0.2) is 20.3 Å². The predicted octanol–water partition coefficient (Wildman–Crippen LogP) is 3.09. The number of methoxy groups -OCH3 is 1. The van der Waals surface area contributed by atoms with E-state index in [4.69, 9.17) is 9.47 Å². The van der Waals surface area contributed by atoms with E-state index in [2.05, 4.69) is 11.4 Å². The average Bonchev–Trinajstić information content (AvgIpc) is 2.53. The van der Waals surface area contributed by atoms with Gasteiger partial charge in [-0.25, -0.2) is 0 Å². The second-order valence-corrected chi connectivity index (χ2v) is 4.53. The van der Waals surface area contributed by atoms with Crippen molar-refractivity contribution in [2.75, 3.05) is 20.3 Å². The fraction of sp³-hybridized carbons (Fsp3) is 0.235. The number of hydrogen-bond acceptors (Lipinski definition) is 4. The van der Waals surface area contributed by atoms with Gasteiger partial charge < -0.3 is 14.8 Å². The van der Waals surface area contributed by atoms with Gasteiger partial charge in [-0.1, -0.05) is 24.3 Å². The van der Waals surface area contributed by atoms with Gasteiger partial charge in [0.25, 0.3) is 0 Å². The molecule has 0 unspecified atom stereocenters. The molecule has 0 spiro atoms. The lowest BCUT2D eigenvalue weighted by molar-refractivity contribution is 0.199. The predicted molar refractivity (Wildman–Crippen MR) is 81.3 cm³/mol. The minimum atomic E-state index is 0.532. The Hall–Kier alpha value is -2.35. The van der Waals surface area contributed by atoms with Crippen LogP contribution in [0.2, 0.25) is 0 Å². The topological polar surface area (TPSA) is 54.3 Å². The molecule has 21 heavy (non-hydrogen) atoms. The summed E-state index contributed by atoms with van der Waals surface area (Å²) in [6.45, 7) is 2.14. The van der Waals surface area contributed by atoms with Gasteiger partial charge >= 0.3 is 0 Å². The molecule has 2 rings (SSSR count). The first kappa shape index (κ1) is 15.0. The summed E-state index contributed by atoms with van der Waals surface area (Å²) in [7, 11) is 1.67.